The Balaban J connectivity index is 0.000000338. The summed E-state index contributed by atoms with van der Waals surface area (Å²) in [7, 11) is 1.66. The molecule has 1 saturated heterocycles. The van der Waals surface area contributed by atoms with E-state index < -0.39 is 23.7 Å². The van der Waals surface area contributed by atoms with Gasteiger partial charge in [-0.15, -0.1) is 0 Å². The summed E-state index contributed by atoms with van der Waals surface area (Å²) in [6, 6.07) is 15.5. The number of hydrogen-bond acceptors (Lipinski definition) is 9. The summed E-state index contributed by atoms with van der Waals surface area (Å²) in [4.78, 5) is 66.2. The number of alkyl halides is 3. The van der Waals surface area contributed by atoms with E-state index in [1.807, 2.05) is 58.0 Å². The van der Waals surface area contributed by atoms with E-state index in [9.17, 15) is 37.1 Å². The molecular weight excluding hydrogens is 828 g/mol. The van der Waals surface area contributed by atoms with Gasteiger partial charge in [-0.2, -0.15) is 13.2 Å². The molecule has 1 unspecified atom stereocenters. The number of ketones is 1. The van der Waals surface area contributed by atoms with E-state index in [4.69, 9.17) is 9.47 Å². The zero-order chi connectivity index (χ0) is 47.2. The zero-order valence-corrected chi connectivity index (χ0v) is 38.2. The Morgan fingerprint density at radius 3 is 2.28 bits per heavy atom. The molecule has 12 nitrogen and oxygen atoms in total. The topological polar surface area (TPSA) is 156 Å². The largest absolute Gasteiger partial charge is 0.416 e. The Morgan fingerprint density at radius 1 is 0.953 bits per heavy atom. The monoisotopic (exact) mass is 891 g/mol. The van der Waals surface area contributed by atoms with Gasteiger partial charge in [-0.1, -0.05) is 57.2 Å². The number of Topliss-reactive ketones (excluding diaryl/α,β-unsaturated/α-hetero) is 1. The van der Waals surface area contributed by atoms with E-state index in [0.29, 0.717) is 69.8 Å². The summed E-state index contributed by atoms with van der Waals surface area (Å²) in [5.41, 5.74) is 6.51. The number of carbonyl (C=O) groups is 5. The second-order valence-corrected chi connectivity index (χ2v) is 15.0. The molecule has 2 aliphatic heterocycles. The van der Waals surface area contributed by atoms with Crippen molar-refractivity contribution in [1.29, 1.82) is 0 Å². The first-order chi connectivity index (χ1) is 30.7. The van der Waals surface area contributed by atoms with Crippen molar-refractivity contribution in [2.24, 2.45) is 4.99 Å². The third-order valence-corrected chi connectivity index (χ3v) is 10.5. The number of allylic oxidation sites excluding steroid dienone is 2. The molecule has 4 amide bonds. The fourth-order valence-corrected chi connectivity index (χ4v) is 7.11. The quantitative estimate of drug-likeness (QED) is 0.0441. The maximum absolute atomic E-state index is 12.9. The molecule has 0 aromatic heterocycles. The van der Waals surface area contributed by atoms with Crippen LogP contribution in [0.3, 0.4) is 0 Å². The summed E-state index contributed by atoms with van der Waals surface area (Å²) in [5.74, 6) is -0.922. The lowest BCUT2D eigenvalue weighted by Gasteiger charge is -2.29. The van der Waals surface area contributed by atoms with Gasteiger partial charge in [0, 0.05) is 80.6 Å². The molecule has 3 aromatic rings. The van der Waals surface area contributed by atoms with Crippen LogP contribution in [-0.2, 0) is 43.0 Å². The molecule has 5 rings (SSSR count). The molecule has 1 atom stereocenters. The Hall–Kier alpha value is -5.67. The molecule has 64 heavy (non-hydrogen) atoms. The highest BCUT2D eigenvalue weighted by molar-refractivity contribution is 6.25. The SMILES string of the molecule is C/C=C(\C(Cc1ccc(C(F)(F)F)cc1)=NC)c1cc(C(C)=O)ccc1C.CC.CCCOCCOCCNC(=O)CCCCNc1cccc2c1CN(C1CCC(=O)NC1=O)C2=O. The number of anilines is 1. The number of imide groups is 1. The van der Waals surface area contributed by atoms with Crippen molar-refractivity contribution in [1.82, 2.24) is 15.5 Å². The van der Waals surface area contributed by atoms with Crippen molar-refractivity contribution in [2.45, 2.75) is 105 Å². The molecule has 0 radical (unpaired) electrons. The van der Waals surface area contributed by atoms with Crippen molar-refractivity contribution < 1.29 is 46.6 Å². The Morgan fingerprint density at radius 2 is 1.66 bits per heavy atom. The number of hydrogen-bond donors (Lipinski definition) is 3. The third-order valence-electron chi connectivity index (χ3n) is 10.5. The van der Waals surface area contributed by atoms with Gasteiger partial charge < -0.3 is 25.0 Å². The van der Waals surface area contributed by atoms with Crippen LogP contribution in [0.15, 0.2) is 71.7 Å². The van der Waals surface area contributed by atoms with Crippen molar-refractivity contribution in [3.63, 3.8) is 0 Å². The van der Waals surface area contributed by atoms with Gasteiger partial charge in [0.05, 0.1) is 25.4 Å². The van der Waals surface area contributed by atoms with Crippen LogP contribution < -0.4 is 16.0 Å². The van der Waals surface area contributed by atoms with Crippen molar-refractivity contribution in [2.75, 3.05) is 51.9 Å². The molecule has 3 aromatic carbocycles. The average molecular weight is 892 g/mol. The van der Waals surface area contributed by atoms with Crippen LogP contribution in [0, 0.1) is 6.92 Å². The Bertz CT molecular complexity index is 2100. The molecule has 2 heterocycles. The summed E-state index contributed by atoms with van der Waals surface area (Å²) < 4.78 is 49.0. The number of fused-ring (bicyclic) bond motifs is 1. The summed E-state index contributed by atoms with van der Waals surface area (Å²) in [6.07, 6.45) is 1.51. The summed E-state index contributed by atoms with van der Waals surface area (Å²) in [6.45, 7) is 15.2. The van der Waals surface area contributed by atoms with Gasteiger partial charge in [0.1, 0.15) is 6.04 Å². The molecule has 0 bridgehead atoms. The van der Waals surface area contributed by atoms with Crippen LogP contribution in [0.25, 0.3) is 5.57 Å². The van der Waals surface area contributed by atoms with Crippen molar-refractivity contribution in [3.8, 4) is 0 Å². The van der Waals surface area contributed by atoms with Crippen LogP contribution in [0.5, 0.6) is 0 Å². The van der Waals surface area contributed by atoms with E-state index in [1.54, 1.807) is 24.1 Å². The number of aliphatic imine (C=N–C) groups is 1. The molecule has 0 aliphatic carbocycles. The van der Waals surface area contributed by atoms with Crippen LogP contribution in [0.1, 0.15) is 122 Å². The molecule has 348 valence electrons. The lowest BCUT2D eigenvalue weighted by molar-refractivity contribution is -0.138. The molecule has 0 saturated carbocycles. The smallest absolute Gasteiger partial charge is 0.385 e. The fourth-order valence-electron chi connectivity index (χ4n) is 7.11. The summed E-state index contributed by atoms with van der Waals surface area (Å²) >= 11 is 0. The number of aryl methyl sites for hydroxylation is 1. The Kier molecular flexibility index (Phi) is 22.1. The molecule has 1 fully saturated rings. The normalized spacial score (nSPS) is 15.1. The van der Waals surface area contributed by atoms with Crippen molar-refractivity contribution in [3.05, 3.63) is 106 Å². The van der Waals surface area contributed by atoms with E-state index in [0.717, 1.165) is 77.2 Å². The molecule has 2 aliphatic rings. The number of piperidine rings is 1. The third kappa shape index (κ3) is 15.8. The first-order valence-corrected chi connectivity index (χ1v) is 22.0. The van der Waals surface area contributed by atoms with Gasteiger partial charge in [0.25, 0.3) is 5.91 Å². The predicted molar refractivity (Wildman–Crippen MR) is 244 cm³/mol. The van der Waals surface area contributed by atoms with Gasteiger partial charge >= 0.3 is 6.18 Å². The van der Waals surface area contributed by atoms with Crippen LogP contribution >= 0.6 is 0 Å². The lowest BCUT2D eigenvalue weighted by Crippen LogP contribution is -2.52. The fraction of sp³-hybridized carbons (Fsp3) is 0.469. The van der Waals surface area contributed by atoms with E-state index in [1.165, 1.54) is 19.1 Å². The number of amides is 4. The molecule has 0 spiro atoms. The van der Waals surface area contributed by atoms with Crippen LogP contribution in [0.4, 0.5) is 18.9 Å². The van der Waals surface area contributed by atoms with E-state index in [2.05, 4.69) is 27.9 Å². The zero-order valence-electron chi connectivity index (χ0n) is 38.2. The van der Waals surface area contributed by atoms with Gasteiger partial charge in [-0.25, -0.2) is 0 Å². The van der Waals surface area contributed by atoms with Gasteiger partial charge in [0.2, 0.25) is 17.7 Å². The number of rotatable bonds is 20. The second-order valence-electron chi connectivity index (χ2n) is 15.0. The standard InChI is InChI=1S/C25H36N4O6.C22H22F3NO.C2H6/c1-2-13-34-15-16-35-14-12-27-22(30)8-3-4-11-26-20-7-5-6-18-19(20)17-29(25(18)33)21-9-10-23(31)28-24(21)32;1-5-19(20-13-17(15(3)27)9-6-14(20)2)21(26-4)12-16-7-10-18(11-8-16)22(23,24)25;1-2/h5-7,21,26H,2-4,8-17H2,1H3,(H,27,30)(H,28,31,32);5-11,13H,12H2,1-4H3;1-2H3/b;19-5-,26-21?;. The van der Waals surface area contributed by atoms with Crippen molar-refractivity contribution >= 4 is 46.4 Å². The highest BCUT2D eigenvalue weighted by Crippen LogP contribution is 2.33. The number of carbonyl (C=O) groups excluding carboxylic acids is 5. The second kappa shape index (κ2) is 26.8. The van der Waals surface area contributed by atoms with Gasteiger partial charge in [-0.05, 0) is 99.0 Å². The Labute approximate surface area is 375 Å². The minimum atomic E-state index is -4.35. The number of nitrogens with zero attached hydrogens (tertiary/aromatic N) is 2. The number of unbranched alkanes of at least 4 members (excludes halogenated alkanes) is 1. The molecule has 3 N–H and O–H groups in total. The van der Waals surface area contributed by atoms with Crippen LogP contribution in [0.2, 0.25) is 0 Å². The number of nitrogens with one attached hydrogen (secondary N) is 3. The highest BCUT2D eigenvalue weighted by atomic mass is 19.4. The highest BCUT2D eigenvalue weighted by Gasteiger charge is 2.40. The number of halogens is 3. The average Bonchev–Trinajstić information content (AvgIpc) is 3.61. The molecule has 15 heteroatoms. The maximum Gasteiger partial charge on any atom is 0.416 e. The maximum atomic E-state index is 12.9. The number of benzene rings is 3. The molecular formula is C49H64F3N5O7. The lowest BCUT2D eigenvalue weighted by atomic mass is 9.91. The van der Waals surface area contributed by atoms with E-state index >= 15 is 0 Å². The predicted octanol–water partition coefficient (Wildman–Crippen LogP) is 8.55. The van der Waals surface area contributed by atoms with Gasteiger partial charge in [0.15, 0.2) is 5.78 Å². The summed E-state index contributed by atoms with van der Waals surface area (Å²) in [5, 5.41) is 8.54. The minimum absolute atomic E-state index is 0.00177. The number of ether oxygens (including phenoxy) is 2. The van der Waals surface area contributed by atoms with E-state index in [-0.39, 0.29) is 29.9 Å². The van der Waals surface area contributed by atoms with Gasteiger partial charge in [-0.3, -0.25) is 34.3 Å². The first-order valence-electron chi connectivity index (χ1n) is 22.0. The minimum Gasteiger partial charge on any atom is -0.385 e. The first kappa shape index (κ1) is 52.7. The van der Waals surface area contributed by atoms with Crippen LogP contribution in [-0.4, -0.2) is 92.6 Å².